The fourth-order valence-electron chi connectivity index (χ4n) is 4.82. The van der Waals surface area contributed by atoms with Gasteiger partial charge in [0.15, 0.2) is 7.26 Å². The Morgan fingerprint density at radius 1 is 0.791 bits per heavy atom. The van der Waals surface area contributed by atoms with Gasteiger partial charge in [0.05, 0.1) is 0 Å². The van der Waals surface area contributed by atoms with E-state index in [0.717, 1.165) is 33.2 Å². The molecule has 0 aliphatic rings. The molecule has 0 saturated heterocycles. The summed E-state index contributed by atoms with van der Waals surface area (Å²) in [4.78, 5) is 34.9. The van der Waals surface area contributed by atoms with E-state index in [4.69, 9.17) is 39.8 Å². The van der Waals surface area contributed by atoms with Crippen LogP contribution >= 0.6 is 53.8 Å². The average molecular weight is 689 g/mol. The highest BCUT2D eigenvalue weighted by atomic mass is 35.6. The SMILES string of the molecule is CC(=O)NC(Sc1nc(-c2ccccc2)[nH]c(=O)c1[P+](c1ccccc1)(c1ccccc1)c1ccccc1)C(Cl)(Cl)Cl.[Cl-]. The maximum Gasteiger partial charge on any atom is 0.296 e. The maximum atomic E-state index is 14.6. The van der Waals surface area contributed by atoms with E-state index in [1.165, 1.54) is 6.92 Å². The first kappa shape index (κ1) is 33.1. The second-order valence-electron chi connectivity index (χ2n) is 9.35. The third-order valence-corrected chi connectivity index (χ3v) is 13.3. The highest BCUT2D eigenvalue weighted by molar-refractivity contribution is 8.04. The monoisotopic (exact) mass is 687 g/mol. The molecule has 0 fully saturated rings. The van der Waals surface area contributed by atoms with Crippen LogP contribution < -0.4 is 44.5 Å². The molecule has 4 aromatic carbocycles. The lowest BCUT2D eigenvalue weighted by Gasteiger charge is -2.29. The Labute approximate surface area is 276 Å². The summed E-state index contributed by atoms with van der Waals surface area (Å²) in [6, 6.07) is 39.2. The third-order valence-electron chi connectivity index (χ3n) is 6.54. The molecule has 1 heterocycles. The van der Waals surface area contributed by atoms with Gasteiger partial charge in [0.1, 0.15) is 32.1 Å². The number of nitrogens with zero attached hydrogens (tertiary/aromatic N) is 1. The first-order valence-electron chi connectivity index (χ1n) is 13.0. The van der Waals surface area contributed by atoms with Crippen molar-refractivity contribution in [2.45, 2.75) is 21.1 Å². The van der Waals surface area contributed by atoms with Crippen molar-refractivity contribution in [2.24, 2.45) is 0 Å². The van der Waals surface area contributed by atoms with Crippen molar-refractivity contribution in [2.75, 3.05) is 0 Å². The smallest absolute Gasteiger partial charge is 0.296 e. The number of benzene rings is 4. The molecule has 0 bridgehead atoms. The summed E-state index contributed by atoms with van der Waals surface area (Å²) < 4.78 is -1.90. The van der Waals surface area contributed by atoms with E-state index in [2.05, 4.69) is 10.3 Å². The molecule has 11 heteroatoms. The van der Waals surface area contributed by atoms with Gasteiger partial charge in [0.25, 0.3) is 5.56 Å². The van der Waals surface area contributed by atoms with Crippen molar-refractivity contribution in [1.82, 2.24) is 15.3 Å². The van der Waals surface area contributed by atoms with Crippen molar-refractivity contribution >= 4 is 81.0 Å². The zero-order valence-electron chi connectivity index (χ0n) is 22.8. The van der Waals surface area contributed by atoms with Gasteiger partial charge in [-0.15, -0.1) is 0 Å². The van der Waals surface area contributed by atoms with E-state index in [0.29, 0.717) is 16.2 Å². The fraction of sp³-hybridized carbons (Fsp3) is 0.0938. The lowest BCUT2D eigenvalue weighted by atomic mass is 10.2. The van der Waals surface area contributed by atoms with Crippen molar-refractivity contribution in [3.63, 3.8) is 0 Å². The number of nitrogens with one attached hydrogen (secondary N) is 2. The van der Waals surface area contributed by atoms with Gasteiger partial charge in [-0.2, -0.15) is 0 Å². The lowest BCUT2D eigenvalue weighted by molar-refractivity contribution is -0.119. The van der Waals surface area contributed by atoms with E-state index in [9.17, 15) is 9.59 Å². The zero-order chi connectivity index (χ0) is 29.7. The summed E-state index contributed by atoms with van der Waals surface area (Å²) in [5, 5.41) is 5.35. The molecule has 0 aliphatic heterocycles. The lowest BCUT2D eigenvalue weighted by Crippen LogP contribution is -3.00. The third kappa shape index (κ3) is 7.12. The van der Waals surface area contributed by atoms with E-state index in [1.807, 2.05) is 121 Å². The molecule has 1 amide bonds. The van der Waals surface area contributed by atoms with Gasteiger partial charge >= 0.3 is 0 Å². The summed E-state index contributed by atoms with van der Waals surface area (Å²) in [6.07, 6.45) is 0. The molecule has 1 atom stereocenters. The Morgan fingerprint density at radius 3 is 1.60 bits per heavy atom. The molecular formula is C32H26Cl4N3O2PS. The fourth-order valence-corrected chi connectivity index (χ4v) is 11.1. The van der Waals surface area contributed by atoms with Crippen molar-refractivity contribution in [3.8, 4) is 11.4 Å². The van der Waals surface area contributed by atoms with Crippen LogP contribution in [0.2, 0.25) is 0 Å². The van der Waals surface area contributed by atoms with Crippen LogP contribution in [0.1, 0.15) is 6.92 Å². The number of rotatable bonds is 8. The van der Waals surface area contributed by atoms with Crippen LogP contribution in [-0.2, 0) is 4.79 Å². The maximum absolute atomic E-state index is 14.6. The van der Waals surface area contributed by atoms with Gasteiger partial charge in [0, 0.05) is 12.5 Å². The molecule has 0 radical (unpaired) electrons. The minimum atomic E-state index is -2.90. The Balaban J connectivity index is 0.00000423. The summed E-state index contributed by atoms with van der Waals surface area (Å²) >= 11 is 20.2. The molecule has 1 aromatic heterocycles. The number of alkyl halides is 3. The number of hydrogen-bond donors (Lipinski definition) is 2. The molecule has 220 valence electrons. The predicted molar refractivity (Wildman–Crippen MR) is 179 cm³/mol. The Hall–Kier alpha value is -2.83. The molecule has 2 N–H and O–H groups in total. The molecule has 0 aliphatic carbocycles. The Kier molecular flexibility index (Phi) is 11.0. The predicted octanol–water partition coefficient (Wildman–Crippen LogP) is 2.98. The molecule has 43 heavy (non-hydrogen) atoms. The molecule has 1 unspecified atom stereocenters. The van der Waals surface area contributed by atoms with Gasteiger partial charge in [-0.25, -0.2) is 4.98 Å². The molecular weight excluding hydrogens is 663 g/mol. The van der Waals surface area contributed by atoms with E-state index in [1.54, 1.807) is 0 Å². The number of carbonyl (C=O) groups is 1. The van der Waals surface area contributed by atoms with Crippen LogP contribution in [0.15, 0.2) is 131 Å². The topological polar surface area (TPSA) is 74.8 Å². The number of thioether (sulfide) groups is 1. The van der Waals surface area contributed by atoms with Gasteiger partial charge in [-0.1, -0.05) is 131 Å². The zero-order valence-corrected chi connectivity index (χ0v) is 27.5. The molecule has 0 saturated carbocycles. The van der Waals surface area contributed by atoms with Gasteiger partial charge < -0.3 is 22.7 Å². The van der Waals surface area contributed by atoms with E-state index in [-0.39, 0.29) is 23.9 Å². The normalized spacial score (nSPS) is 12.2. The summed E-state index contributed by atoms with van der Waals surface area (Å²) in [5.74, 6) is -0.0197. The minimum absolute atomic E-state index is 0. The van der Waals surface area contributed by atoms with E-state index < -0.39 is 16.4 Å². The second kappa shape index (κ2) is 14.3. The standard InChI is InChI=1S/C32H25Cl3N3O2PS.ClH/c1-22(39)36-31(32(33,34)35)42-30-27(29(40)37-28(38-30)23-14-6-2-7-15-23)41(24-16-8-3-9-17-24,25-18-10-4-11-19-25)26-20-12-5-13-21-26;/h2-21,31H,1H3,(H-,36,37,38,39,40);1H. The van der Waals surface area contributed by atoms with Crippen LogP contribution in [0.5, 0.6) is 0 Å². The second-order valence-corrected chi connectivity index (χ2v) is 16.2. The first-order chi connectivity index (χ1) is 20.2. The quantitative estimate of drug-likeness (QED) is 0.0865. The van der Waals surface area contributed by atoms with Crippen molar-refractivity contribution in [3.05, 3.63) is 132 Å². The van der Waals surface area contributed by atoms with Crippen LogP contribution in [0.3, 0.4) is 0 Å². The number of halogens is 4. The van der Waals surface area contributed by atoms with Crippen molar-refractivity contribution < 1.29 is 17.2 Å². The summed E-state index contributed by atoms with van der Waals surface area (Å²) in [7, 11) is -2.90. The summed E-state index contributed by atoms with van der Waals surface area (Å²) in [5.41, 5.74) is 0.401. The van der Waals surface area contributed by atoms with Gasteiger partial charge in [-0.3, -0.25) is 9.59 Å². The largest absolute Gasteiger partial charge is 1.00 e. The number of hydrogen-bond acceptors (Lipinski definition) is 4. The van der Waals surface area contributed by atoms with Crippen LogP contribution in [0.4, 0.5) is 0 Å². The molecule has 5 rings (SSSR count). The van der Waals surface area contributed by atoms with Crippen LogP contribution in [0.25, 0.3) is 11.4 Å². The van der Waals surface area contributed by atoms with Gasteiger partial charge in [-0.05, 0) is 36.4 Å². The van der Waals surface area contributed by atoms with Crippen LogP contribution in [0, 0.1) is 0 Å². The highest BCUT2D eigenvalue weighted by Crippen LogP contribution is 2.55. The van der Waals surface area contributed by atoms with Crippen molar-refractivity contribution in [1.29, 1.82) is 0 Å². The molecule has 5 nitrogen and oxygen atoms in total. The highest BCUT2D eigenvalue weighted by Gasteiger charge is 2.53. The minimum Gasteiger partial charge on any atom is -1.00 e. The van der Waals surface area contributed by atoms with Crippen LogP contribution in [-0.4, -0.2) is 25.0 Å². The number of aromatic amines is 1. The Bertz CT molecular complexity index is 1630. The summed E-state index contributed by atoms with van der Waals surface area (Å²) in [6.45, 7) is 1.35. The first-order valence-corrected chi connectivity index (χ1v) is 16.8. The Morgan fingerprint density at radius 2 is 1.21 bits per heavy atom. The average Bonchev–Trinajstić information content (AvgIpc) is 2.99. The number of carbonyl (C=O) groups excluding carboxylic acids is 1. The number of aromatic nitrogens is 2. The van der Waals surface area contributed by atoms with E-state index >= 15 is 0 Å². The molecule has 0 spiro atoms. The molecule has 5 aromatic rings. The van der Waals surface area contributed by atoms with Gasteiger partial charge in [0.2, 0.25) is 15.0 Å². The number of H-pyrrole nitrogens is 1. The number of amides is 1.